The van der Waals surface area contributed by atoms with Crippen molar-refractivity contribution in [2.45, 2.75) is 6.92 Å². The van der Waals surface area contributed by atoms with Crippen molar-refractivity contribution in [1.29, 1.82) is 0 Å². The first-order valence-electron chi connectivity index (χ1n) is 4.18. The summed E-state index contributed by atoms with van der Waals surface area (Å²) < 4.78 is 18.7. The molecule has 0 aromatic carbocycles. The highest BCUT2D eigenvalue weighted by Gasteiger charge is 2.24. The maximum absolute atomic E-state index is 11.9. The van der Waals surface area contributed by atoms with E-state index in [4.69, 9.17) is 27.7 Å². The maximum Gasteiger partial charge on any atom is 0.269 e. The Kier molecular flexibility index (Phi) is 7.48. The van der Waals surface area contributed by atoms with Crippen LogP contribution in [0.3, 0.4) is 0 Å². The van der Waals surface area contributed by atoms with E-state index in [9.17, 15) is 4.57 Å². The number of hydrogen-bond donors (Lipinski definition) is 0. The molecule has 0 radical (unpaired) electrons. The number of hydrogen-bond acceptors (Lipinski definition) is 2. The SMILES string of the molecule is CCOP(C)(=O)N(CCCl)CCCl. The van der Waals surface area contributed by atoms with Crippen molar-refractivity contribution in [2.24, 2.45) is 0 Å². The second-order valence-corrected chi connectivity index (χ2v) is 5.74. The minimum atomic E-state index is -2.67. The first kappa shape index (κ1) is 13.7. The average molecular weight is 248 g/mol. The highest BCUT2D eigenvalue weighted by molar-refractivity contribution is 7.55. The average Bonchev–Trinajstić information content (AvgIpc) is 2.04. The van der Waals surface area contributed by atoms with Crippen molar-refractivity contribution < 1.29 is 9.09 Å². The Morgan fingerprint density at radius 2 is 1.77 bits per heavy atom. The van der Waals surface area contributed by atoms with Gasteiger partial charge in [-0.2, -0.15) is 0 Å². The van der Waals surface area contributed by atoms with E-state index in [1.54, 1.807) is 11.3 Å². The Balaban J connectivity index is 4.23. The lowest BCUT2D eigenvalue weighted by molar-refractivity contribution is 0.284. The van der Waals surface area contributed by atoms with Crippen LogP contribution in [0.25, 0.3) is 0 Å². The van der Waals surface area contributed by atoms with Gasteiger partial charge in [0.2, 0.25) is 0 Å². The minimum absolute atomic E-state index is 0.432. The van der Waals surface area contributed by atoms with Gasteiger partial charge < -0.3 is 4.52 Å². The molecular weight excluding hydrogens is 232 g/mol. The Morgan fingerprint density at radius 3 is 2.08 bits per heavy atom. The van der Waals surface area contributed by atoms with Crippen LogP contribution < -0.4 is 0 Å². The minimum Gasteiger partial charge on any atom is -0.318 e. The number of nitrogens with zero attached hydrogens (tertiary/aromatic N) is 1. The predicted octanol–water partition coefficient (Wildman–Crippen LogP) is 2.63. The van der Waals surface area contributed by atoms with Crippen LogP contribution in [0.5, 0.6) is 0 Å². The molecule has 0 aliphatic heterocycles. The zero-order valence-corrected chi connectivity index (χ0v) is 10.4. The second kappa shape index (κ2) is 7.08. The molecule has 0 heterocycles. The van der Waals surface area contributed by atoms with Gasteiger partial charge in [0.15, 0.2) is 0 Å². The largest absolute Gasteiger partial charge is 0.318 e. The standard InChI is InChI=1S/C7H16Cl2NO2P/c1-3-12-13(2,11)10(6-4-8)7-5-9/h3-7H2,1-2H3. The molecule has 1 unspecified atom stereocenters. The third-order valence-electron chi connectivity index (χ3n) is 1.57. The summed E-state index contributed by atoms with van der Waals surface area (Å²) >= 11 is 11.2. The number of alkyl halides is 2. The van der Waals surface area contributed by atoms with Gasteiger partial charge in [-0.1, -0.05) is 0 Å². The zero-order valence-electron chi connectivity index (χ0n) is 8.00. The topological polar surface area (TPSA) is 29.5 Å². The second-order valence-electron chi connectivity index (χ2n) is 2.55. The molecule has 0 N–H and O–H groups in total. The molecule has 0 saturated carbocycles. The van der Waals surface area contributed by atoms with Crippen LogP contribution in [0.1, 0.15) is 6.92 Å². The predicted molar refractivity (Wildman–Crippen MR) is 58.2 cm³/mol. The summed E-state index contributed by atoms with van der Waals surface area (Å²) in [7, 11) is -2.67. The monoisotopic (exact) mass is 247 g/mol. The van der Waals surface area contributed by atoms with Crippen molar-refractivity contribution >= 4 is 30.7 Å². The van der Waals surface area contributed by atoms with Crippen LogP contribution in [0.4, 0.5) is 0 Å². The molecule has 0 amide bonds. The molecule has 1 atom stereocenters. The highest BCUT2D eigenvalue weighted by atomic mass is 35.5. The van der Waals surface area contributed by atoms with Gasteiger partial charge >= 0.3 is 0 Å². The van der Waals surface area contributed by atoms with E-state index in [0.29, 0.717) is 31.5 Å². The van der Waals surface area contributed by atoms with Crippen LogP contribution in [-0.4, -0.2) is 42.8 Å². The van der Waals surface area contributed by atoms with Crippen LogP contribution in [0, 0.1) is 0 Å². The molecule has 0 saturated heterocycles. The molecular formula is C7H16Cl2NO2P. The Bertz CT molecular complexity index is 174. The fraction of sp³-hybridized carbons (Fsp3) is 1.00. The van der Waals surface area contributed by atoms with E-state index in [0.717, 1.165) is 0 Å². The summed E-state index contributed by atoms with van der Waals surface area (Å²) in [6.07, 6.45) is 0. The van der Waals surface area contributed by atoms with Crippen LogP contribution >= 0.6 is 30.7 Å². The van der Waals surface area contributed by atoms with Crippen molar-refractivity contribution in [3.05, 3.63) is 0 Å². The van der Waals surface area contributed by atoms with Crippen molar-refractivity contribution in [3.63, 3.8) is 0 Å². The Labute approximate surface area is 89.8 Å². The first-order chi connectivity index (χ1) is 6.08. The molecule has 0 aliphatic rings. The van der Waals surface area contributed by atoms with Crippen molar-refractivity contribution in [3.8, 4) is 0 Å². The van der Waals surface area contributed by atoms with Gasteiger partial charge in [0.1, 0.15) is 0 Å². The summed E-state index contributed by atoms with van der Waals surface area (Å²) in [5.74, 6) is 0.865. The molecule has 3 nitrogen and oxygen atoms in total. The summed E-state index contributed by atoms with van der Waals surface area (Å²) in [5.41, 5.74) is 0. The number of rotatable bonds is 7. The van der Waals surface area contributed by atoms with Gasteiger partial charge in [-0.15, -0.1) is 23.2 Å². The van der Waals surface area contributed by atoms with E-state index >= 15 is 0 Å². The van der Waals surface area contributed by atoms with E-state index < -0.39 is 7.52 Å². The molecule has 13 heavy (non-hydrogen) atoms. The lowest BCUT2D eigenvalue weighted by Gasteiger charge is -2.26. The van der Waals surface area contributed by atoms with E-state index in [2.05, 4.69) is 0 Å². The molecule has 0 aromatic rings. The van der Waals surface area contributed by atoms with Crippen molar-refractivity contribution in [2.75, 3.05) is 38.1 Å². The summed E-state index contributed by atoms with van der Waals surface area (Å²) in [5, 5.41) is 0. The van der Waals surface area contributed by atoms with E-state index in [-0.39, 0.29) is 0 Å². The Morgan fingerprint density at radius 1 is 1.31 bits per heavy atom. The van der Waals surface area contributed by atoms with Gasteiger partial charge in [0, 0.05) is 31.5 Å². The zero-order chi connectivity index (χ0) is 10.3. The Hall–Kier alpha value is 0.730. The third kappa shape index (κ3) is 5.24. The van der Waals surface area contributed by atoms with Crippen LogP contribution in [0.2, 0.25) is 0 Å². The summed E-state index contributed by atoms with van der Waals surface area (Å²) in [4.78, 5) is 0. The van der Waals surface area contributed by atoms with E-state index in [1.165, 1.54) is 0 Å². The molecule has 0 aliphatic carbocycles. The molecule has 80 valence electrons. The number of halogens is 2. The normalized spacial score (nSPS) is 16.1. The molecule has 0 rings (SSSR count). The molecule has 0 spiro atoms. The fourth-order valence-electron chi connectivity index (χ4n) is 0.991. The van der Waals surface area contributed by atoms with Crippen molar-refractivity contribution in [1.82, 2.24) is 4.67 Å². The van der Waals surface area contributed by atoms with Gasteiger partial charge in [-0.3, -0.25) is 4.57 Å². The summed E-state index contributed by atoms with van der Waals surface area (Å²) in [6.45, 7) is 4.93. The fourth-order valence-corrected chi connectivity index (χ4v) is 3.20. The van der Waals surface area contributed by atoms with Gasteiger partial charge in [-0.25, -0.2) is 4.67 Å². The van der Waals surface area contributed by atoms with E-state index in [1.807, 2.05) is 6.92 Å². The molecule has 0 bridgehead atoms. The smallest absolute Gasteiger partial charge is 0.269 e. The van der Waals surface area contributed by atoms with Crippen LogP contribution in [0.15, 0.2) is 0 Å². The molecule has 0 aromatic heterocycles. The lowest BCUT2D eigenvalue weighted by Crippen LogP contribution is -2.25. The highest BCUT2D eigenvalue weighted by Crippen LogP contribution is 2.46. The van der Waals surface area contributed by atoms with Crippen LogP contribution in [-0.2, 0) is 9.09 Å². The molecule has 6 heteroatoms. The van der Waals surface area contributed by atoms with Gasteiger partial charge in [0.05, 0.1) is 6.61 Å². The summed E-state index contributed by atoms with van der Waals surface area (Å²) in [6, 6.07) is 0. The first-order valence-corrected chi connectivity index (χ1v) is 7.27. The van der Waals surface area contributed by atoms with Gasteiger partial charge in [-0.05, 0) is 6.92 Å². The lowest BCUT2D eigenvalue weighted by atomic mass is 10.6. The van der Waals surface area contributed by atoms with Gasteiger partial charge in [0.25, 0.3) is 7.52 Å². The maximum atomic E-state index is 11.9. The quantitative estimate of drug-likeness (QED) is 0.512. The third-order valence-corrected chi connectivity index (χ3v) is 4.07. The molecule has 0 fully saturated rings.